The second-order valence-electron chi connectivity index (χ2n) is 1.75. The van der Waals surface area contributed by atoms with Crippen LogP contribution in [-0.4, -0.2) is 12.6 Å². The topological polar surface area (TPSA) is 35.5 Å². The Morgan fingerprint density at radius 1 is 1.60 bits per heavy atom. The smallest absolute Gasteiger partial charge is 1.00 e. The summed E-state index contributed by atoms with van der Waals surface area (Å²) in [5.74, 6) is -0.397. The van der Waals surface area contributed by atoms with Crippen molar-refractivity contribution >= 4 is 5.97 Å². The van der Waals surface area contributed by atoms with Gasteiger partial charge in [0.15, 0.2) is 0 Å². The van der Waals surface area contributed by atoms with Gasteiger partial charge in [-0.15, -0.1) is 0 Å². The summed E-state index contributed by atoms with van der Waals surface area (Å²) in [5.41, 5.74) is 0. The first kappa shape index (κ1) is 13.6. The maximum Gasteiger partial charge on any atom is 1.00 e. The van der Waals surface area contributed by atoms with E-state index in [-0.39, 0.29) is 52.8 Å². The molecule has 0 atom stereocenters. The van der Waals surface area contributed by atoms with Crippen LogP contribution in [0, 0.1) is 0 Å². The van der Waals surface area contributed by atoms with Crippen LogP contribution >= 0.6 is 0 Å². The monoisotopic (exact) mass is 172 g/mol. The predicted octanol–water partition coefficient (Wildman–Crippen LogP) is -1.60. The Hall–Kier alpha value is 1.07. The zero-order valence-electron chi connectivity index (χ0n) is 7.85. The molecule has 0 aliphatic rings. The van der Waals surface area contributed by atoms with Gasteiger partial charge in [-0.2, -0.15) is 4.89 Å². The van der Waals surface area contributed by atoms with E-state index in [1.807, 2.05) is 6.92 Å². The van der Waals surface area contributed by atoms with Crippen LogP contribution in [0.2, 0.25) is 0 Å². The summed E-state index contributed by atoms with van der Waals surface area (Å²) in [5, 5.41) is 0. The van der Waals surface area contributed by atoms with Crippen LogP contribution in [0.3, 0.4) is 0 Å². The summed E-state index contributed by atoms with van der Waals surface area (Å²) in [7, 11) is 0. The predicted molar refractivity (Wildman–Crippen MR) is 33.7 cm³/mol. The van der Waals surface area contributed by atoms with Gasteiger partial charge in [-0.3, -0.25) is 4.89 Å². The van der Waals surface area contributed by atoms with Crippen LogP contribution in [0.25, 0.3) is 0 Å². The molecular formula is C6H13KO3. The summed E-state index contributed by atoms with van der Waals surface area (Å²) in [6.45, 7) is 3.85. The number of carbonyl (C=O) groups excluding carboxylic acids is 1. The van der Waals surface area contributed by atoms with Gasteiger partial charge in [0.25, 0.3) is 0 Å². The number of hydrogen-bond acceptors (Lipinski definition) is 3. The van der Waals surface area contributed by atoms with Gasteiger partial charge in [0.05, 0.1) is 6.61 Å². The molecule has 0 spiro atoms. The van der Waals surface area contributed by atoms with Crippen molar-refractivity contribution in [1.29, 1.82) is 0 Å². The molecule has 0 aliphatic heterocycles. The molecule has 0 saturated carbocycles. The number of unbranched alkanes of at least 4 members (excludes halogenated alkanes) is 1. The van der Waals surface area contributed by atoms with Crippen molar-refractivity contribution in [3.05, 3.63) is 0 Å². The maximum absolute atomic E-state index is 10.1. The zero-order chi connectivity index (χ0) is 7.11. The maximum atomic E-state index is 10.1. The van der Waals surface area contributed by atoms with Gasteiger partial charge in [-0.1, -0.05) is 13.3 Å². The second kappa shape index (κ2) is 10.1. The van der Waals surface area contributed by atoms with Gasteiger partial charge in [-0.05, 0) is 6.42 Å². The van der Waals surface area contributed by atoms with Crippen LogP contribution in [0.15, 0.2) is 0 Å². The van der Waals surface area contributed by atoms with E-state index >= 15 is 0 Å². The fourth-order valence-electron chi connectivity index (χ4n) is 0.328. The quantitative estimate of drug-likeness (QED) is 0.222. The van der Waals surface area contributed by atoms with Crippen molar-refractivity contribution in [1.82, 2.24) is 0 Å². The number of hydrogen-bond donors (Lipinski definition) is 0. The third kappa shape index (κ3) is 11.8. The Balaban J connectivity index is -0.000000320. The number of carbonyl (C=O) groups is 1. The molecule has 0 aromatic rings. The van der Waals surface area contributed by atoms with Gasteiger partial charge in [0.2, 0.25) is 0 Å². The van der Waals surface area contributed by atoms with Gasteiger partial charge in [0.1, 0.15) is 0 Å². The van der Waals surface area contributed by atoms with Crippen molar-refractivity contribution in [2.24, 2.45) is 0 Å². The summed E-state index contributed by atoms with van der Waals surface area (Å²) in [6.07, 6.45) is 1.97. The second-order valence-corrected chi connectivity index (χ2v) is 1.75. The van der Waals surface area contributed by atoms with E-state index in [0.29, 0.717) is 6.61 Å². The van der Waals surface area contributed by atoms with Gasteiger partial charge < -0.3 is 1.43 Å². The molecule has 0 saturated heterocycles. The number of rotatable bonds is 4. The van der Waals surface area contributed by atoms with Crippen LogP contribution in [0.1, 0.15) is 28.1 Å². The molecular weight excluding hydrogens is 159 g/mol. The van der Waals surface area contributed by atoms with Gasteiger partial charge >= 0.3 is 57.4 Å². The van der Waals surface area contributed by atoms with E-state index in [9.17, 15) is 4.79 Å². The van der Waals surface area contributed by atoms with Crippen LogP contribution in [0.4, 0.5) is 0 Å². The Morgan fingerprint density at radius 3 is 2.60 bits per heavy atom. The van der Waals surface area contributed by atoms with Gasteiger partial charge in [0, 0.05) is 6.92 Å². The zero-order valence-corrected chi connectivity index (χ0v) is 9.97. The summed E-state index contributed by atoms with van der Waals surface area (Å²) >= 11 is 0. The van der Waals surface area contributed by atoms with Crippen molar-refractivity contribution in [3.63, 3.8) is 0 Å². The standard InChI is InChI=1S/C6H12O3.K.H/c1-3-4-5-8-9-6(2)7;;/h3-5H2,1-2H3;;/q;+1;-1. The summed E-state index contributed by atoms with van der Waals surface area (Å²) in [4.78, 5) is 18.8. The van der Waals surface area contributed by atoms with Crippen LogP contribution in [-0.2, 0) is 14.6 Å². The first-order valence-corrected chi connectivity index (χ1v) is 3.07. The summed E-state index contributed by atoms with van der Waals surface area (Å²) in [6, 6.07) is 0. The molecule has 56 valence electrons. The average Bonchev–Trinajstić information content (AvgIpc) is 1.80. The Bertz CT molecular complexity index is 89.9. The molecule has 0 fully saturated rings. The fourth-order valence-corrected chi connectivity index (χ4v) is 0.328. The van der Waals surface area contributed by atoms with Crippen molar-refractivity contribution in [2.45, 2.75) is 26.7 Å². The minimum atomic E-state index is -0.397. The van der Waals surface area contributed by atoms with Crippen LogP contribution < -0.4 is 51.4 Å². The molecule has 10 heavy (non-hydrogen) atoms. The van der Waals surface area contributed by atoms with Crippen LogP contribution in [0.5, 0.6) is 0 Å². The SMILES string of the molecule is CCCCOOC(C)=O.[H-].[K+]. The molecule has 0 bridgehead atoms. The molecule has 0 N–H and O–H groups in total. The Morgan fingerprint density at radius 2 is 2.20 bits per heavy atom. The molecule has 0 aromatic carbocycles. The first-order chi connectivity index (χ1) is 4.27. The van der Waals surface area contributed by atoms with E-state index in [2.05, 4.69) is 9.78 Å². The van der Waals surface area contributed by atoms with E-state index in [4.69, 9.17) is 0 Å². The third-order valence-corrected chi connectivity index (χ3v) is 0.758. The Labute approximate surface area is 105 Å². The van der Waals surface area contributed by atoms with E-state index in [1.165, 1.54) is 6.92 Å². The molecule has 0 aromatic heterocycles. The third-order valence-electron chi connectivity index (χ3n) is 0.758. The normalized spacial score (nSPS) is 8.20. The average molecular weight is 172 g/mol. The van der Waals surface area contributed by atoms with Crippen molar-refractivity contribution < 1.29 is 67.4 Å². The molecule has 0 rings (SSSR count). The minimum absolute atomic E-state index is 0. The largest absolute Gasteiger partial charge is 1.00 e. The molecule has 0 heterocycles. The molecule has 3 nitrogen and oxygen atoms in total. The fraction of sp³-hybridized carbons (Fsp3) is 0.833. The Kier molecular flexibility index (Phi) is 13.7. The molecule has 0 radical (unpaired) electrons. The molecule has 0 aliphatic carbocycles. The van der Waals surface area contributed by atoms with E-state index < -0.39 is 5.97 Å². The molecule has 4 heteroatoms. The molecule has 0 amide bonds. The van der Waals surface area contributed by atoms with Crippen molar-refractivity contribution in [3.8, 4) is 0 Å². The minimum Gasteiger partial charge on any atom is -1.00 e. The van der Waals surface area contributed by atoms with Crippen molar-refractivity contribution in [2.75, 3.05) is 6.61 Å². The summed E-state index contributed by atoms with van der Waals surface area (Å²) < 4.78 is 0. The van der Waals surface area contributed by atoms with E-state index in [0.717, 1.165) is 12.8 Å². The van der Waals surface area contributed by atoms with Gasteiger partial charge in [-0.25, -0.2) is 4.79 Å². The molecule has 0 unspecified atom stereocenters. The first-order valence-electron chi connectivity index (χ1n) is 3.07. The van der Waals surface area contributed by atoms with E-state index in [1.54, 1.807) is 0 Å².